The van der Waals surface area contributed by atoms with E-state index < -0.39 is 11.8 Å². The van der Waals surface area contributed by atoms with Crippen molar-refractivity contribution >= 4 is 17.6 Å². The molecule has 126 valence electrons. The van der Waals surface area contributed by atoms with Crippen LogP contribution in [0.25, 0.3) is 0 Å². The second kappa shape index (κ2) is 8.47. The molecule has 0 unspecified atom stereocenters. The van der Waals surface area contributed by atoms with E-state index in [4.69, 9.17) is 5.73 Å². The molecule has 0 spiro atoms. The van der Waals surface area contributed by atoms with Gasteiger partial charge in [-0.05, 0) is 44.5 Å². The van der Waals surface area contributed by atoms with Gasteiger partial charge in [-0.2, -0.15) is 0 Å². The first-order chi connectivity index (χ1) is 11.1. The lowest BCUT2D eigenvalue weighted by atomic mass is 9.97. The molecule has 0 aromatic heterocycles. The molecule has 2 rings (SSSR count). The average Bonchev–Trinajstić information content (AvgIpc) is 2.54. The molecular formula is C16H23FN4O2. The number of carbonyl (C=O) groups excluding carboxylic acids is 2. The van der Waals surface area contributed by atoms with Crippen LogP contribution in [0.1, 0.15) is 19.3 Å². The number of hydrogen-bond donors (Lipinski definition) is 3. The zero-order chi connectivity index (χ0) is 16.7. The number of rotatable bonds is 6. The number of nitrogens with zero attached hydrogens (tertiary/aromatic N) is 1. The Hall–Kier alpha value is -2.15. The fourth-order valence-corrected chi connectivity index (χ4v) is 2.72. The van der Waals surface area contributed by atoms with Crippen LogP contribution in [0, 0.1) is 11.7 Å². The molecule has 7 heteroatoms. The molecule has 1 heterocycles. The van der Waals surface area contributed by atoms with E-state index in [2.05, 4.69) is 15.5 Å². The smallest absolute Gasteiger partial charge is 0.319 e. The summed E-state index contributed by atoms with van der Waals surface area (Å²) in [7, 11) is 0. The van der Waals surface area contributed by atoms with Gasteiger partial charge in [-0.3, -0.25) is 4.79 Å². The summed E-state index contributed by atoms with van der Waals surface area (Å²) in [6.07, 6.45) is 2.58. The van der Waals surface area contributed by atoms with Crippen molar-refractivity contribution in [3.05, 3.63) is 30.1 Å². The molecule has 1 fully saturated rings. The molecule has 0 radical (unpaired) electrons. The molecule has 6 nitrogen and oxygen atoms in total. The van der Waals surface area contributed by atoms with Crippen molar-refractivity contribution in [1.29, 1.82) is 0 Å². The Kier molecular flexibility index (Phi) is 6.34. The highest BCUT2D eigenvalue weighted by Gasteiger charge is 2.23. The number of hydrogen-bond acceptors (Lipinski definition) is 3. The highest BCUT2D eigenvalue weighted by atomic mass is 19.1. The van der Waals surface area contributed by atoms with E-state index >= 15 is 0 Å². The summed E-state index contributed by atoms with van der Waals surface area (Å²) in [5.74, 6) is -0.772. The number of piperidine rings is 1. The lowest BCUT2D eigenvalue weighted by molar-refractivity contribution is -0.123. The lowest BCUT2D eigenvalue weighted by Gasteiger charge is -2.31. The molecule has 1 aromatic carbocycles. The van der Waals surface area contributed by atoms with Crippen molar-refractivity contribution < 1.29 is 14.0 Å². The number of benzene rings is 1. The Morgan fingerprint density at radius 2 is 2.13 bits per heavy atom. The number of likely N-dealkylation sites (tertiary alicyclic amines) is 1. The first-order valence-electron chi connectivity index (χ1n) is 7.87. The standard InChI is InChI=1S/C16H23FN4O2/c17-13-6-1-2-7-14(13)20-16(23)19-8-4-10-21-9-3-5-12(11-21)15(18)22/h1-2,6-7,12H,3-5,8-11H2,(H2,18,22)(H2,19,20,23)/t12-/m1/s1. The van der Waals surface area contributed by atoms with E-state index in [1.54, 1.807) is 12.1 Å². The van der Waals surface area contributed by atoms with E-state index in [9.17, 15) is 14.0 Å². The number of nitrogens with two attached hydrogens (primary N) is 1. The van der Waals surface area contributed by atoms with Gasteiger partial charge in [0.25, 0.3) is 0 Å². The summed E-state index contributed by atoms with van der Waals surface area (Å²) in [6, 6.07) is 5.60. The molecule has 0 aliphatic carbocycles. The van der Waals surface area contributed by atoms with E-state index in [0.29, 0.717) is 13.1 Å². The highest BCUT2D eigenvalue weighted by molar-refractivity contribution is 5.89. The van der Waals surface area contributed by atoms with Crippen LogP contribution in [0.2, 0.25) is 0 Å². The topological polar surface area (TPSA) is 87.5 Å². The van der Waals surface area contributed by atoms with Gasteiger partial charge >= 0.3 is 6.03 Å². The summed E-state index contributed by atoms with van der Waals surface area (Å²) < 4.78 is 13.4. The van der Waals surface area contributed by atoms with Crippen LogP contribution in [0.15, 0.2) is 24.3 Å². The third-order valence-electron chi connectivity index (χ3n) is 3.97. The SMILES string of the molecule is NC(=O)[C@@H]1CCCN(CCCNC(=O)Nc2ccccc2F)C1. The summed E-state index contributed by atoms with van der Waals surface area (Å²) in [6.45, 7) is 2.92. The van der Waals surface area contributed by atoms with Crippen molar-refractivity contribution in [2.24, 2.45) is 11.7 Å². The fourth-order valence-electron chi connectivity index (χ4n) is 2.72. The largest absolute Gasteiger partial charge is 0.369 e. The molecule has 3 amide bonds. The molecular weight excluding hydrogens is 299 g/mol. The van der Waals surface area contributed by atoms with Crippen molar-refractivity contribution in [1.82, 2.24) is 10.2 Å². The van der Waals surface area contributed by atoms with Crippen molar-refractivity contribution in [2.45, 2.75) is 19.3 Å². The monoisotopic (exact) mass is 322 g/mol. The Bertz CT molecular complexity index is 553. The quantitative estimate of drug-likeness (QED) is 0.694. The molecule has 23 heavy (non-hydrogen) atoms. The van der Waals surface area contributed by atoms with Gasteiger partial charge in [-0.25, -0.2) is 9.18 Å². The minimum Gasteiger partial charge on any atom is -0.369 e. The summed E-state index contributed by atoms with van der Waals surface area (Å²) in [5, 5.41) is 5.17. The zero-order valence-electron chi connectivity index (χ0n) is 13.1. The third-order valence-corrected chi connectivity index (χ3v) is 3.97. The number of nitrogens with one attached hydrogen (secondary N) is 2. The number of anilines is 1. The van der Waals surface area contributed by atoms with Gasteiger partial charge in [0.1, 0.15) is 5.82 Å². The van der Waals surface area contributed by atoms with Gasteiger partial charge in [0.2, 0.25) is 5.91 Å². The minimum atomic E-state index is -0.464. The third kappa shape index (κ3) is 5.52. The van der Waals surface area contributed by atoms with Crippen LogP contribution in [0.5, 0.6) is 0 Å². The maximum atomic E-state index is 13.4. The Labute approximate surface area is 135 Å². The summed E-state index contributed by atoms with van der Waals surface area (Å²) in [5.41, 5.74) is 5.51. The Balaban J connectivity index is 1.64. The summed E-state index contributed by atoms with van der Waals surface area (Å²) >= 11 is 0. The van der Waals surface area contributed by atoms with Gasteiger partial charge in [-0.1, -0.05) is 12.1 Å². The van der Waals surface area contributed by atoms with Gasteiger partial charge in [0.05, 0.1) is 11.6 Å². The van der Waals surface area contributed by atoms with Crippen molar-refractivity contribution in [3.63, 3.8) is 0 Å². The number of primary amides is 1. The molecule has 1 aliphatic rings. The van der Waals surface area contributed by atoms with Gasteiger partial charge < -0.3 is 21.3 Å². The van der Waals surface area contributed by atoms with Gasteiger partial charge in [0.15, 0.2) is 0 Å². The average molecular weight is 322 g/mol. The maximum absolute atomic E-state index is 13.4. The van der Waals surface area contributed by atoms with Crippen LogP contribution >= 0.6 is 0 Å². The molecule has 1 aliphatic heterocycles. The minimum absolute atomic E-state index is 0.0685. The molecule has 1 saturated heterocycles. The van der Waals surface area contributed by atoms with Crippen LogP contribution < -0.4 is 16.4 Å². The molecule has 0 saturated carbocycles. The van der Waals surface area contributed by atoms with Crippen LogP contribution in [0.3, 0.4) is 0 Å². The number of amides is 3. The number of urea groups is 1. The van der Waals surface area contributed by atoms with Gasteiger partial charge in [0, 0.05) is 13.1 Å². The van der Waals surface area contributed by atoms with Crippen LogP contribution in [-0.4, -0.2) is 43.0 Å². The first-order valence-corrected chi connectivity index (χ1v) is 7.87. The first kappa shape index (κ1) is 17.2. The predicted molar refractivity (Wildman–Crippen MR) is 86.4 cm³/mol. The number of halogens is 1. The normalized spacial score (nSPS) is 18.4. The Morgan fingerprint density at radius 1 is 1.35 bits per heavy atom. The zero-order valence-corrected chi connectivity index (χ0v) is 13.1. The highest BCUT2D eigenvalue weighted by Crippen LogP contribution is 2.16. The maximum Gasteiger partial charge on any atom is 0.319 e. The predicted octanol–water partition coefficient (Wildman–Crippen LogP) is 1.53. The molecule has 1 aromatic rings. The van der Waals surface area contributed by atoms with Crippen molar-refractivity contribution in [3.8, 4) is 0 Å². The molecule has 1 atom stereocenters. The fraction of sp³-hybridized carbons (Fsp3) is 0.500. The number of para-hydroxylation sites is 1. The molecule has 4 N–H and O–H groups in total. The van der Waals surface area contributed by atoms with E-state index in [0.717, 1.165) is 32.4 Å². The van der Waals surface area contributed by atoms with E-state index in [1.165, 1.54) is 12.1 Å². The van der Waals surface area contributed by atoms with E-state index in [-0.39, 0.29) is 17.5 Å². The van der Waals surface area contributed by atoms with E-state index in [1.807, 2.05) is 0 Å². The molecule has 0 bridgehead atoms. The van der Waals surface area contributed by atoms with Crippen LogP contribution in [-0.2, 0) is 4.79 Å². The lowest BCUT2D eigenvalue weighted by Crippen LogP contribution is -2.42. The summed E-state index contributed by atoms with van der Waals surface area (Å²) in [4.78, 5) is 25.1. The number of carbonyl (C=O) groups is 2. The van der Waals surface area contributed by atoms with Crippen LogP contribution in [0.4, 0.5) is 14.9 Å². The second-order valence-electron chi connectivity index (χ2n) is 5.76. The Morgan fingerprint density at radius 3 is 2.87 bits per heavy atom. The second-order valence-corrected chi connectivity index (χ2v) is 5.76. The van der Waals surface area contributed by atoms with Crippen molar-refractivity contribution in [2.75, 3.05) is 31.5 Å². The van der Waals surface area contributed by atoms with Gasteiger partial charge in [-0.15, -0.1) is 0 Å².